The van der Waals surface area contributed by atoms with Crippen LogP contribution in [0.4, 0.5) is 0 Å². The SMILES string of the molecule is CCOC(=O)c1c(CN2CCN(C)CC2)n(-c2ccccc2)c2ccc(OS(=O)(=O)c3ccccc3C)cc12. The van der Waals surface area contributed by atoms with Crippen LogP contribution in [0.1, 0.15) is 28.5 Å². The molecule has 1 saturated heterocycles. The first-order chi connectivity index (χ1) is 18.8. The summed E-state index contributed by atoms with van der Waals surface area (Å²) >= 11 is 0. The van der Waals surface area contributed by atoms with Gasteiger partial charge in [-0.05, 0) is 62.9 Å². The van der Waals surface area contributed by atoms with E-state index in [1.54, 1.807) is 50.2 Å². The molecule has 1 fully saturated rings. The summed E-state index contributed by atoms with van der Waals surface area (Å²) in [4.78, 5) is 18.2. The molecule has 0 saturated carbocycles. The number of para-hydroxylation sites is 1. The van der Waals surface area contributed by atoms with E-state index in [0.717, 1.165) is 43.1 Å². The molecule has 3 aromatic carbocycles. The average Bonchev–Trinajstić information content (AvgIpc) is 3.23. The molecule has 0 unspecified atom stereocenters. The van der Waals surface area contributed by atoms with Crippen molar-refractivity contribution in [1.82, 2.24) is 14.4 Å². The van der Waals surface area contributed by atoms with Crippen LogP contribution in [0.2, 0.25) is 0 Å². The van der Waals surface area contributed by atoms with Gasteiger partial charge in [-0.2, -0.15) is 8.42 Å². The van der Waals surface area contributed by atoms with Crippen molar-refractivity contribution in [3.8, 4) is 11.4 Å². The minimum atomic E-state index is -4.08. The normalized spacial score (nSPS) is 14.9. The van der Waals surface area contributed by atoms with Crippen molar-refractivity contribution in [1.29, 1.82) is 0 Å². The number of likely N-dealkylation sites (N-methyl/N-ethyl adjacent to an activating group) is 1. The fourth-order valence-corrected chi connectivity index (χ4v) is 6.21. The Morgan fingerprint density at radius 3 is 2.31 bits per heavy atom. The lowest BCUT2D eigenvalue weighted by Gasteiger charge is -2.32. The second-order valence-electron chi connectivity index (χ2n) is 9.77. The lowest BCUT2D eigenvalue weighted by atomic mass is 10.1. The summed E-state index contributed by atoms with van der Waals surface area (Å²) in [6.07, 6.45) is 0. The van der Waals surface area contributed by atoms with E-state index in [1.807, 2.05) is 30.3 Å². The topological polar surface area (TPSA) is 81.1 Å². The quantitative estimate of drug-likeness (QED) is 0.235. The molecule has 4 aromatic rings. The number of aryl methyl sites for hydroxylation is 1. The molecule has 9 heteroatoms. The van der Waals surface area contributed by atoms with Crippen molar-refractivity contribution >= 4 is 27.0 Å². The molecule has 0 N–H and O–H groups in total. The van der Waals surface area contributed by atoms with Crippen LogP contribution in [0.15, 0.2) is 77.7 Å². The predicted octanol–water partition coefficient (Wildman–Crippen LogP) is 4.63. The third-order valence-electron chi connectivity index (χ3n) is 7.07. The molecule has 0 atom stereocenters. The Morgan fingerprint density at radius 1 is 0.923 bits per heavy atom. The number of hydrogen-bond donors (Lipinski definition) is 0. The van der Waals surface area contributed by atoms with Crippen molar-refractivity contribution in [3.63, 3.8) is 0 Å². The third-order valence-corrected chi connectivity index (χ3v) is 8.48. The molecule has 0 spiro atoms. The van der Waals surface area contributed by atoms with Crippen LogP contribution in [0.3, 0.4) is 0 Å². The molecule has 8 nitrogen and oxygen atoms in total. The van der Waals surface area contributed by atoms with Gasteiger partial charge in [0.1, 0.15) is 10.6 Å². The van der Waals surface area contributed by atoms with Crippen LogP contribution in [0.25, 0.3) is 16.6 Å². The highest BCUT2D eigenvalue weighted by Gasteiger charge is 2.28. The highest BCUT2D eigenvalue weighted by molar-refractivity contribution is 7.87. The van der Waals surface area contributed by atoms with Gasteiger partial charge in [0.05, 0.1) is 23.4 Å². The van der Waals surface area contributed by atoms with Crippen molar-refractivity contribution < 1.29 is 22.1 Å². The van der Waals surface area contributed by atoms with Gasteiger partial charge in [0.2, 0.25) is 0 Å². The first-order valence-corrected chi connectivity index (χ1v) is 14.5. The minimum Gasteiger partial charge on any atom is -0.462 e. The molecule has 0 aliphatic carbocycles. The van der Waals surface area contributed by atoms with Crippen LogP contribution < -0.4 is 4.18 Å². The molecular formula is C30H33N3O5S. The van der Waals surface area contributed by atoms with Crippen LogP contribution in [0.5, 0.6) is 5.75 Å². The lowest BCUT2D eigenvalue weighted by Crippen LogP contribution is -2.44. The van der Waals surface area contributed by atoms with E-state index in [2.05, 4.69) is 21.4 Å². The largest absolute Gasteiger partial charge is 0.462 e. The fraction of sp³-hybridized carbons (Fsp3) is 0.300. The summed E-state index contributed by atoms with van der Waals surface area (Å²) in [6, 6.07) is 21.6. The van der Waals surface area contributed by atoms with Crippen molar-refractivity contribution in [2.75, 3.05) is 39.8 Å². The number of carbonyl (C=O) groups excluding carboxylic acids is 1. The second kappa shape index (κ2) is 11.2. The first-order valence-electron chi connectivity index (χ1n) is 13.1. The van der Waals surface area contributed by atoms with Crippen LogP contribution in [-0.4, -0.2) is 68.6 Å². The average molecular weight is 548 g/mol. The minimum absolute atomic E-state index is 0.105. The van der Waals surface area contributed by atoms with E-state index in [4.69, 9.17) is 8.92 Å². The summed E-state index contributed by atoms with van der Waals surface area (Å²) in [5.41, 5.74) is 3.50. The first kappa shape index (κ1) is 26.9. The number of esters is 1. The zero-order chi connectivity index (χ0) is 27.6. The van der Waals surface area contributed by atoms with Gasteiger partial charge in [-0.25, -0.2) is 4.79 Å². The van der Waals surface area contributed by atoms with E-state index >= 15 is 0 Å². The molecule has 1 aliphatic rings. The number of aromatic nitrogens is 1. The van der Waals surface area contributed by atoms with Crippen LogP contribution in [0, 0.1) is 6.92 Å². The summed E-state index contributed by atoms with van der Waals surface area (Å²) in [5, 5.41) is 0.582. The van der Waals surface area contributed by atoms with Crippen molar-refractivity contribution in [3.05, 3.63) is 89.6 Å². The predicted molar refractivity (Wildman–Crippen MR) is 151 cm³/mol. The summed E-state index contributed by atoms with van der Waals surface area (Å²) in [7, 11) is -1.97. The van der Waals surface area contributed by atoms with Crippen LogP contribution >= 0.6 is 0 Å². The zero-order valence-corrected chi connectivity index (χ0v) is 23.3. The van der Waals surface area contributed by atoms with E-state index in [-0.39, 0.29) is 17.3 Å². The monoisotopic (exact) mass is 547 g/mol. The van der Waals surface area contributed by atoms with Crippen molar-refractivity contribution in [2.24, 2.45) is 0 Å². The summed E-state index contributed by atoms with van der Waals surface area (Å²) < 4.78 is 39.4. The van der Waals surface area contributed by atoms with Crippen molar-refractivity contribution in [2.45, 2.75) is 25.3 Å². The maximum absolute atomic E-state index is 13.5. The molecule has 1 aliphatic heterocycles. The standard InChI is InChI=1S/C30H33N3O5S/c1-4-37-30(34)29-25-20-24(38-39(35,36)28-13-9-8-10-22(28)2)14-15-26(25)33(23-11-6-5-7-12-23)27(29)21-32-18-16-31(3)17-19-32/h5-15,20H,4,16-19,21H2,1-3H3. The Labute approximate surface area is 229 Å². The number of benzene rings is 3. The van der Waals surface area contributed by atoms with Gasteiger partial charge >= 0.3 is 16.1 Å². The number of piperazine rings is 1. The fourth-order valence-electron chi connectivity index (χ4n) is 5.05. The molecule has 39 heavy (non-hydrogen) atoms. The number of ether oxygens (including phenoxy) is 1. The highest BCUT2D eigenvalue weighted by Crippen LogP contribution is 2.35. The summed E-state index contributed by atoms with van der Waals surface area (Å²) in [5.74, 6) is -0.312. The van der Waals surface area contributed by atoms with E-state index in [1.165, 1.54) is 6.07 Å². The van der Waals surface area contributed by atoms with Gasteiger partial charge in [0, 0.05) is 43.8 Å². The van der Waals surface area contributed by atoms with Gasteiger partial charge < -0.3 is 18.4 Å². The Balaban J connectivity index is 1.66. The number of hydrogen-bond acceptors (Lipinski definition) is 7. The number of fused-ring (bicyclic) bond motifs is 1. The van der Waals surface area contributed by atoms with Gasteiger partial charge in [-0.15, -0.1) is 0 Å². The zero-order valence-electron chi connectivity index (χ0n) is 22.5. The molecule has 0 bridgehead atoms. The summed E-state index contributed by atoms with van der Waals surface area (Å²) in [6.45, 7) is 7.90. The molecule has 0 amide bonds. The Morgan fingerprint density at radius 2 is 1.62 bits per heavy atom. The maximum atomic E-state index is 13.5. The van der Waals surface area contributed by atoms with Gasteiger partial charge in [0.25, 0.3) is 0 Å². The molecule has 1 aromatic heterocycles. The third kappa shape index (κ3) is 5.56. The Hall–Kier alpha value is -3.66. The molecule has 204 valence electrons. The maximum Gasteiger partial charge on any atom is 0.340 e. The van der Waals surface area contributed by atoms with Gasteiger partial charge in [-0.1, -0.05) is 36.4 Å². The highest BCUT2D eigenvalue weighted by atomic mass is 32.2. The smallest absolute Gasteiger partial charge is 0.340 e. The molecule has 2 heterocycles. The molecular weight excluding hydrogens is 514 g/mol. The Kier molecular flexibility index (Phi) is 7.74. The second-order valence-corrected chi connectivity index (χ2v) is 11.3. The Bertz CT molecular complexity index is 1590. The lowest BCUT2D eigenvalue weighted by molar-refractivity contribution is 0.0525. The van der Waals surface area contributed by atoms with E-state index in [9.17, 15) is 13.2 Å². The number of nitrogens with zero attached hydrogens (tertiary/aromatic N) is 3. The number of carbonyl (C=O) groups is 1. The van der Waals surface area contributed by atoms with Crippen LogP contribution in [-0.2, 0) is 21.4 Å². The number of rotatable bonds is 8. The molecule has 5 rings (SSSR count). The van der Waals surface area contributed by atoms with Gasteiger partial charge in [0.15, 0.2) is 0 Å². The molecule has 0 radical (unpaired) electrons. The van der Waals surface area contributed by atoms with Gasteiger partial charge in [-0.3, -0.25) is 4.90 Å². The van der Waals surface area contributed by atoms with E-state index in [0.29, 0.717) is 23.1 Å². The van der Waals surface area contributed by atoms with E-state index < -0.39 is 16.1 Å².